The van der Waals surface area contributed by atoms with Gasteiger partial charge >= 0.3 is 293 Å². The second-order valence-corrected chi connectivity index (χ2v) is 20.1. The Balaban J connectivity index is 2.75. The van der Waals surface area contributed by atoms with Crippen molar-refractivity contribution in [1.29, 1.82) is 0 Å². The van der Waals surface area contributed by atoms with E-state index < -0.39 is 7.26 Å². The van der Waals surface area contributed by atoms with Crippen LogP contribution in [-0.4, -0.2) is 18.5 Å². The molecule has 0 saturated heterocycles. The molecule has 0 spiro atoms. The summed E-state index contributed by atoms with van der Waals surface area (Å²) in [5.74, 6) is 0. The Kier molecular flexibility index (Phi) is 31.1. The van der Waals surface area contributed by atoms with Gasteiger partial charge in [-0.1, -0.05) is 0 Å². The average Bonchev–Trinajstić information content (AvgIpc) is 3.08. The van der Waals surface area contributed by atoms with Crippen LogP contribution in [0.15, 0.2) is 43.0 Å². The van der Waals surface area contributed by atoms with Crippen molar-refractivity contribution < 1.29 is 0 Å². The number of benzene rings is 1. The fraction of sp³-hybridized carbons (Fsp3) is 0.822. The fourth-order valence-electron chi connectivity index (χ4n) is 8.14. The molecule has 1 aromatic carbocycles. The molecule has 270 valence electrons. The molecule has 0 aliphatic rings. The summed E-state index contributed by atoms with van der Waals surface area (Å²) in [6.45, 7) is 11.5. The summed E-state index contributed by atoms with van der Waals surface area (Å²) in [6, 6.07) is 11.6. The first-order valence-corrected chi connectivity index (χ1v) is 24.1. The summed E-state index contributed by atoms with van der Waals surface area (Å²) in [5, 5.41) is 0. The van der Waals surface area contributed by atoms with E-state index in [9.17, 15) is 0 Å². The molecule has 0 radical (unpaired) electrons. The molecular weight excluding hydrogens is 571 g/mol. The third kappa shape index (κ3) is 22.9. The van der Waals surface area contributed by atoms with Crippen molar-refractivity contribution in [2.45, 2.75) is 219 Å². The zero-order valence-corrected chi connectivity index (χ0v) is 33.1. The minimum absolute atomic E-state index is 0.629. The number of hydrogen-bond donors (Lipinski definition) is 0. The normalized spacial score (nSPS) is 12.8. The number of allylic oxidation sites excluding steroid dienone is 1. The molecule has 0 nitrogen and oxygen atoms in total. The standard InChI is InChI=1S/C45H85P/c1-5-9-12-15-18-21-24-27-30-36-41-46(45(8-4)44-39-34-33-35-40-44,42-37-31-28-25-22-19-16-13-10-6-2)43-38-32-29-26-23-20-17-14-11-7-3/h8,33-35,39-40,45-46H,4-7,9-32,36-38,41-43H2,1-3H3. The first-order valence-electron chi connectivity index (χ1n) is 21.4. The molecule has 0 heterocycles. The van der Waals surface area contributed by atoms with Crippen molar-refractivity contribution >= 4 is 7.26 Å². The molecule has 0 amide bonds. The summed E-state index contributed by atoms with van der Waals surface area (Å²) in [6.07, 6.45) is 50.4. The zero-order chi connectivity index (χ0) is 33.2. The van der Waals surface area contributed by atoms with Crippen molar-refractivity contribution in [3.63, 3.8) is 0 Å². The van der Waals surface area contributed by atoms with Crippen LogP contribution in [0.25, 0.3) is 0 Å². The first kappa shape index (κ1) is 43.4. The van der Waals surface area contributed by atoms with Gasteiger partial charge in [0.2, 0.25) is 0 Å². The second-order valence-electron chi connectivity index (χ2n) is 15.3. The van der Waals surface area contributed by atoms with Crippen LogP contribution in [0.5, 0.6) is 0 Å². The Hall–Kier alpha value is -0.610. The van der Waals surface area contributed by atoms with Gasteiger partial charge in [-0.2, -0.15) is 0 Å². The molecule has 1 rings (SSSR count). The van der Waals surface area contributed by atoms with Gasteiger partial charge in [0.05, 0.1) is 0 Å². The monoisotopic (exact) mass is 657 g/mol. The maximum absolute atomic E-state index is 4.54. The molecule has 1 aromatic rings. The minimum atomic E-state index is -1.55. The van der Waals surface area contributed by atoms with Gasteiger partial charge in [0.1, 0.15) is 0 Å². The molecule has 46 heavy (non-hydrogen) atoms. The van der Waals surface area contributed by atoms with Crippen molar-refractivity contribution in [3.8, 4) is 0 Å². The first-order chi connectivity index (χ1) is 22.7. The van der Waals surface area contributed by atoms with Crippen molar-refractivity contribution in [2.24, 2.45) is 0 Å². The van der Waals surface area contributed by atoms with E-state index in [0.29, 0.717) is 5.66 Å². The van der Waals surface area contributed by atoms with Crippen LogP contribution in [-0.2, 0) is 0 Å². The number of hydrogen-bond acceptors (Lipinski definition) is 0. The van der Waals surface area contributed by atoms with Crippen LogP contribution >= 0.6 is 7.26 Å². The molecular formula is C45H85P. The van der Waals surface area contributed by atoms with Crippen molar-refractivity contribution in [2.75, 3.05) is 18.5 Å². The summed E-state index contributed by atoms with van der Waals surface area (Å²) in [7, 11) is -1.55. The van der Waals surface area contributed by atoms with Gasteiger partial charge in [-0.3, -0.25) is 0 Å². The molecule has 1 atom stereocenters. The predicted molar refractivity (Wildman–Crippen MR) is 218 cm³/mol. The second kappa shape index (κ2) is 32.9. The van der Waals surface area contributed by atoms with Crippen LogP contribution < -0.4 is 0 Å². The third-order valence-electron chi connectivity index (χ3n) is 11.1. The van der Waals surface area contributed by atoms with Crippen LogP contribution in [0.1, 0.15) is 225 Å². The number of unbranched alkanes of at least 4 members (excludes halogenated alkanes) is 27. The topological polar surface area (TPSA) is 0 Å². The summed E-state index contributed by atoms with van der Waals surface area (Å²) >= 11 is 0. The fourth-order valence-corrected chi connectivity index (χ4v) is 14.1. The van der Waals surface area contributed by atoms with E-state index in [1.54, 1.807) is 5.56 Å². The SMILES string of the molecule is C=CC(c1ccccc1)[PH](CCCCCCCCCCCC)(CCCCCCCCCCCC)CCCCCCCCCCCC. The quantitative estimate of drug-likeness (QED) is 0.0383. The van der Waals surface area contributed by atoms with Crippen LogP contribution in [0.3, 0.4) is 0 Å². The molecule has 0 aliphatic heterocycles. The van der Waals surface area contributed by atoms with Crippen molar-refractivity contribution in [1.82, 2.24) is 0 Å². The summed E-state index contributed by atoms with van der Waals surface area (Å²) in [4.78, 5) is 0. The molecule has 1 heteroatoms. The van der Waals surface area contributed by atoms with Crippen LogP contribution in [0, 0.1) is 0 Å². The molecule has 0 bridgehead atoms. The molecule has 0 saturated carbocycles. The maximum atomic E-state index is 4.54. The zero-order valence-electron chi connectivity index (χ0n) is 32.1. The molecule has 0 N–H and O–H groups in total. The Morgan fingerprint density at radius 2 is 0.674 bits per heavy atom. The third-order valence-corrected chi connectivity index (χ3v) is 17.1. The Morgan fingerprint density at radius 3 is 0.935 bits per heavy atom. The molecule has 1 unspecified atom stereocenters. The van der Waals surface area contributed by atoms with Gasteiger partial charge in [0.25, 0.3) is 0 Å². The van der Waals surface area contributed by atoms with Gasteiger partial charge in [-0.05, 0) is 0 Å². The van der Waals surface area contributed by atoms with Gasteiger partial charge in [0.15, 0.2) is 0 Å². The van der Waals surface area contributed by atoms with Crippen molar-refractivity contribution in [3.05, 3.63) is 48.6 Å². The summed E-state index contributed by atoms with van der Waals surface area (Å²) < 4.78 is 0. The molecule has 0 aliphatic carbocycles. The van der Waals surface area contributed by atoms with E-state index in [1.165, 1.54) is 211 Å². The van der Waals surface area contributed by atoms with E-state index in [-0.39, 0.29) is 0 Å². The Morgan fingerprint density at radius 1 is 0.413 bits per heavy atom. The predicted octanol–water partition coefficient (Wildman–Crippen LogP) is 16.4. The average molecular weight is 657 g/mol. The Bertz CT molecular complexity index is 679. The van der Waals surface area contributed by atoms with Gasteiger partial charge in [-0.25, -0.2) is 0 Å². The Labute approximate surface area is 292 Å². The van der Waals surface area contributed by atoms with Gasteiger partial charge in [0, 0.05) is 0 Å². The summed E-state index contributed by atoms with van der Waals surface area (Å²) in [5.41, 5.74) is 2.21. The molecule has 0 aromatic heterocycles. The van der Waals surface area contributed by atoms with Gasteiger partial charge < -0.3 is 0 Å². The van der Waals surface area contributed by atoms with Crippen LogP contribution in [0.2, 0.25) is 0 Å². The van der Waals surface area contributed by atoms with E-state index in [4.69, 9.17) is 0 Å². The van der Waals surface area contributed by atoms with Crippen LogP contribution in [0.4, 0.5) is 0 Å². The van der Waals surface area contributed by atoms with E-state index in [2.05, 4.69) is 63.8 Å². The van der Waals surface area contributed by atoms with E-state index >= 15 is 0 Å². The van der Waals surface area contributed by atoms with E-state index in [1.807, 2.05) is 0 Å². The number of rotatable bonds is 36. The van der Waals surface area contributed by atoms with E-state index in [0.717, 1.165) is 0 Å². The van der Waals surface area contributed by atoms with Gasteiger partial charge in [-0.15, -0.1) is 0 Å². The molecule has 0 fully saturated rings.